The van der Waals surface area contributed by atoms with Gasteiger partial charge in [0.15, 0.2) is 0 Å². The molecule has 1 aliphatic heterocycles. The molecule has 0 aromatic heterocycles. The van der Waals surface area contributed by atoms with Crippen LogP contribution in [0.1, 0.15) is 5.56 Å². The Kier molecular flexibility index (Phi) is 2.12. The van der Waals surface area contributed by atoms with Gasteiger partial charge in [0, 0.05) is 10.6 Å². The summed E-state index contributed by atoms with van der Waals surface area (Å²) in [6, 6.07) is 5.32. The molecule has 1 aliphatic rings. The zero-order valence-corrected chi connectivity index (χ0v) is 8.29. The third-order valence-electron chi connectivity index (χ3n) is 1.73. The number of benzene rings is 1. The largest absolute Gasteiger partial charge is 0.236 e. The molecular formula is C7H5Cl2NOS. The second-order valence-corrected chi connectivity index (χ2v) is 4.84. The van der Waals surface area contributed by atoms with E-state index in [4.69, 9.17) is 23.4 Å². The predicted octanol–water partition coefficient (Wildman–Crippen LogP) is 2.33. The van der Waals surface area contributed by atoms with Gasteiger partial charge in [-0.2, -0.15) is 0 Å². The second-order valence-electron chi connectivity index (χ2n) is 2.44. The molecule has 5 heteroatoms. The Morgan fingerprint density at radius 2 is 2.25 bits per heavy atom. The molecule has 1 aromatic carbocycles. The van der Waals surface area contributed by atoms with E-state index in [-0.39, 0.29) is 0 Å². The Labute approximate surface area is 82.8 Å². The molecular weight excluding hydrogens is 217 g/mol. The fraction of sp³-hybridized carbons (Fsp3) is 0.143. The summed E-state index contributed by atoms with van der Waals surface area (Å²) in [7, 11) is -1.24. The van der Waals surface area contributed by atoms with Crippen molar-refractivity contribution in [2.45, 2.75) is 11.4 Å². The standard InChI is InChI=1S/C7H5Cl2NOS/c8-6-2-1-3-7-5(6)4-10(9)12(7)11/h1-3H,4H2. The molecule has 12 heavy (non-hydrogen) atoms. The van der Waals surface area contributed by atoms with Gasteiger partial charge in [-0.1, -0.05) is 17.7 Å². The van der Waals surface area contributed by atoms with Gasteiger partial charge in [0.2, 0.25) is 0 Å². The van der Waals surface area contributed by atoms with Gasteiger partial charge < -0.3 is 0 Å². The van der Waals surface area contributed by atoms with Crippen LogP contribution in [0.3, 0.4) is 0 Å². The van der Waals surface area contributed by atoms with Crippen molar-refractivity contribution < 1.29 is 4.21 Å². The highest BCUT2D eigenvalue weighted by atomic mass is 35.5. The van der Waals surface area contributed by atoms with Crippen LogP contribution in [0.15, 0.2) is 23.1 Å². The van der Waals surface area contributed by atoms with Gasteiger partial charge in [0.1, 0.15) is 11.0 Å². The number of nitrogens with zero attached hydrogens (tertiary/aromatic N) is 1. The summed E-state index contributed by atoms with van der Waals surface area (Å²) in [5.74, 6) is 0. The summed E-state index contributed by atoms with van der Waals surface area (Å²) in [6.07, 6.45) is 0. The normalized spacial score (nSPS) is 22.7. The van der Waals surface area contributed by atoms with E-state index < -0.39 is 11.0 Å². The molecule has 0 aliphatic carbocycles. The van der Waals surface area contributed by atoms with Crippen LogP contribution in [-0.2, 0) is 17.5 Å². The maximum absolute atomic E-state index is 11.4. The summed E-state index contributed by atoms with van der Waals surface area (Å²) in [4.78, 5) is 0.720. The van der Waals surface area contributed by atoms with E-state index in [2.05, 4.69) is 0 Å². The van der Waals surface area contributed by atoms with Crippen LogP contribution in [-0.4, -0.2) is 8.03 Å². The van der Waals surface area contributed by atoms with Gasteiger partial charge in [0.25, 0.3) is 0 Å². The van der Waals surface area contributed by atoms with Crippen LogP contribution >= 0.6 is 23.4 Å². The molecule has 64 valence electrons. The summed E-state index contributed by atoms with van der Waals surface area (Å²) >= 11 is 11.6. The number of rotatable bonds is 0. The van der Waals surface area contributed by atoms with Gasteiger partial charge in [-0.25, -0.2) is 4.21 Å². The van der Waals surface area contributed by atoms with E-state index in [1.165, 1.54) is 3.82 Å². The average Bonchev–Trinajstić information content (AvgIpc) is 2.32. The molecule has 0 amide bonds. The van der Waals surface area contributed by atoms with Crippen molar-refractivity contribution in [3.8, 4) is 0 Å². The zero-order valence-electron chi connectivity index (χ0n) is 5.96. The number of halogens is 2. The summed E-state index contributed by atoms with van der Waals surface area (Å²) in [6.45, 7) is 0.448. The van der Waals surface area contributed by atoms with Crippen LogP contribution in [0.2, 0.25) is 5.02 Å². The highest BCUT2D eigenvalue weighted by Crippen LogP contribution is 2.32. The molecule has 1 unspecified atom stereocenters. The fourth-order valence-corrected chi connectivity index (χ4v) is 2.82. The number of fused-ring (bicyclic) bond motifs is 1. The lowest BCUT2D eigenvalue weighted by Gasteiger charge is -1.97. The number of hydrogen-bond acceptors (Lipinski definition) is 1. The smallest absolute Gasteiger partial charge is 0.142 e. The Balaban J connectivity index is 2.61. The molecule has 0 radical (unpaired) electrons. The highest BCUT2D eigenvalue weighted by Gasteiger charge is 2.26. The first-order valence-electron chi connectivity index (χ1n) is 3.33. The van der Waals surface area contributed by atoms with E-state index in [1.807, 2.05) is 0 Å². The van der Waals surface area contributed by atoms with Gasteiger partial charge in [-0.3, -0.25) is 0 Å². The van der Waals surface area contributed by atoms with Crippen molar-refractivity contribution in [3.05, 3.63) is 28.8 Å². The van der Waals surface area contributed by atoms with Crippen molar-refractivity contribution in [2.75, 3.05) is 0 Å². The van der Waals surface area contributed by atoms with Crippen LogP contribution in [0, 0.1) is 0 Å². The lowest BCUT2D eigenvalue weighted by atomic mass is 10.2. The van der Waals surface area contributed by atoms with Crippen LogP contribution < -0.4 is 0 Å². The van der Waals surface area contributed by atoms with E-state index in [0.29, 0.717) is 11.6 Å². The highest BCUT2D eigenvalue weighted by molar-refractivity contribution is 7.84. The number of hydrogen-bond donors (Lipinski definition) is 0. The molecule has 0 N–H and O–H groups in total. The maximum Gasteiger partial charge on any atom is 0.142 e. The predicted molar refractivity (Wildman–Crippen MR) is 49.3 cm³/mol. The van der Waals surface area contributed by atoms with Crippen molar-refractivity contribution >= 4 is 34.4 Å². The molecule has 0 spiro atoms. The molecule has 1 heterocycles. The Morgan fingerprint density at radius 1 is 1.50 bits per heavy atom. The van der Waals surface area contributed by atoms with Gasteiger partial charge in [-0.05, 0) is 23.9 Å². The first-order chi connectivity index (χ1) is 5.70. The minimum atomic E-state index is -1.24. The molecule has 2 nitrogen and oxygen atoms in total. The van der Waals surface area contributed by atoms with E-state index >= 15 is 0 Å². The average molecular weight is 222 g/mol. The van der Waals surface area contributed by atoms with Crippen LogP contribution in [0.5, 0.6) is 0 Å². The Hall–Kier alpha value is -0.0900. The molecule has 0 saturated heterocycles. The SMILES string of the molecule is O=S1c2cccc(Cl)c2CN1Cl. The van der Waals surface area contributed by atoms with Crippen molar-refractivity contribution in [1.82, 2.24) is 3.82 Å². The van der Waals surface area contributed by atoms with E-state index in [9.17, 15) is 4.21 Å². The molecule has 2 rings (SSSR count). The Morgan fingerprint density at radius 3 is 2.92 bits per heavy atom. The van der Waals surface area contributed by atoms with Crippen LogP contribution in [0.25, 0.3) is 0 Å². The van der Waals surface area contributed by atoms with E-state index in [0.717, 1.165) is 10.5 Å². The minimum absolute atomic E-state index is 0.448. The monoisotopic (exact) mass is 221 g/mol. The lowest BCUT2D eigenvalue weighted by molar-refractivity contribution is 0.638. The van der Waals surface area contributed by atoms with Crippen molar-refractivity contribution in [2.24, 2.45) is 0 Å². The maximum atomic E-state index is 11.4. The molecule has 0 bridgehead atoms. The summed E-state index contributed by atoms with van der Waals surface area (Å²) in [5.41, 5.74) is 0.868. The van der Waals surface area contributed by atoms with Crippen LogP contribution in [0.4, 0.5) is 0 Å². The van der Waals surface area contributed by atoms with Gasteiger partial charge >= 0.3 is 0 Å². The van der Waals surface area contributed by atoms with Gasteiger partial charge in [-0.15, -0.1) is 3.82 Å². The summed E-state index contributed by atoms with van der Waals surface area (Å²) in [5, 5.41) is 0.629. The van der Waals surface area contributed by atoms with Crippen molar-refractivity contribution in [3.63, 3.8) is 0 Å². The molecule has 1 aromatic rings. The van der Waals surface area contributed by atoms with Crippen molar-refractivity contribution in [1.29, 1.82) is 0 Å². The third kappa shape index (κ3) is 1.17. The minimum Gasteiger partial charge on any atom is -0.236 e. The first kappa shape index (κ1) is 8.51. The second kappa shape index (κ2) is 3.00. The molecule has 0 fully saturated rings. The fourth-order valence-electron chi connectivity index (χ4n) is 1.15. The van der Waals surface area contributed by atoms with Gasteiger partial charge in [0.05, 0.1) is 11.4 Å². The topological polar surface area (TPSA) is 20.3 Å². The quantitative estimate of drug-likeness (QED) is 0.617. The summed E-state index contributed by atoms with van der Waals surface area (Å²) < 4.78 is 12.6. The first-order valence-corrected chi connectivity index (χ1v) is 5.15. The molecule has 1 atom stereocenters. The Bertz CT molecular complexity index is 355. The third-order valence-corrected chi connectivity index (χ3v) is 3.82. The zero-order chi connectivity index (χ0) is 8.72. The van der Waals surface area contributed by atoms with E-state index in [1.54, 1.807) is 18.2 Å². The lowest BCUT2D eigenvalue weighted by Crippen LogP contribution is -2.04. The molecule has 0 saturated carbocycles.